The molecule has 1 atom stereocenters. The molecule has 0 aliphatic rings. The summed E-state index contributed by atoms with van der Waals surface area (Å²) < 4.78 is 18.0. The van der Waals surface area contributed by atoms with Crippen LogP contribution in [0.3, 0.4) is 0 Å². The molecule has 0 aromatic carbocycles. The molecule has 0 saturated carbocycles. The Balaban J connectivity index is 3.14. The van der Waals surface area contributed by atoms with Gasteiger partial charge in [0.1, 0.15) is 0 Å². The summed E-state index contributed by atoms with van der Waals surface area (Å²) in [5, 5.41) is 0. The van der Waals surface area contributed by atoms with Crippen LogP contribution in [0.5, 0.6) is 0 Å². The first-order chi connectivity index (χ1) is 3.18. The Morgan fingerprint density at radius 2 is 2.83 bits per heavy atom. The zero-order valence-corrected chi connectivity index (χ0v) is 4.16. The lowest BCUT2D eigenvalue weighted by atomic mass is 9.76. The van der Waals surface area contributed by atoms with E-state index in [9.17, 15) is 4.20 Å². The summed E-state index contributed by atoms with van der Waals surface area (Å²) in [4.78, 5) is 0. The van der Waals surface area contributed by atoms with Gasteiger partial charge in [0, 0.05) is 8.72 Å². The highest BCUT2D eigenvalue weighted by Gasteiger charge is 2.00. The molecule has 0 rings (SSSR count). The highest BCUT2D eigenvalue weighted by molar-refractivity contribution is 7.72. The van der Waals surface area contributed by atoms with Crippen LogP contribution in [0.2, 0.25) is 6.22 Å². The monoisotopic (exact) mass is 105 g/mol. The van der Waals surface area contributed by atoms with Crippen LogP contribution in [0, 0.1) is 0 Å². The van der Waals surface area contributed by atoms with Crippen LogP contribution in [0.1, 0.15) is 0 Å². The first-order valence-corrected chi connectivity index (χ1v) is 2.43. The van der Waals surface area contributed by atoms with Crippen molar-refractivity contribution < 1.29 is 4.20 Å². The summed E-state index contributed by atoms with van der Waals surface area (Å²) in [6.45, 7) is -0.755. The topological polar surface area (TPSA) is 26.0 Å². The van der Waals surface area contributed by atoms with Crippen molar-refractivity contribution in [2.45, 2.75) is 6.22 Å². The molecule has 0 saturated heterocycles. The lowest BCUT2D eigenvalue weighted by Gasteiger charge is -1.90. The van der Waals surface area contributed by atoms with Gasteiger partial charge in [0.05, 0.1) is 9.12 Å². The van der Waals surface area contributed by atoms with Gasteiger partial charge in [-0.1, -0.05) is 6.22 Å². The smallest absolute Gasteiger partial charge is 0.273 e. The van der Waals surface area contributed by atoms with Crippen LogP contribution in [0.4, 0.5) is 4.20 Å². The highest BCUT2D eigenvalue weighted by Crippen LogP contribution is 2.12. The molecule has 0 aliphatic carbocycles. The Morgan fingerprint density at radius 3 is 2.83 bits per heavy atom. The van der Waals surface area contributed by atoms with Crippen molar-refractivity contribution in [2.75, 3.05) is 0 Å². The zero-order chi connectivity index (χ0) is 5.86. The van der Waals surface area contributed by atoms with Gasteiger partial charge in [-0.25, -0.2) is 4.20 Å². The third-order valence-electron chi connectivity index (χ3n) is 0.367. The van der Waals surface area contributed by atoms with Gasteiger partial charge >= 0.3 is 0 Å². The van der Waals surface area contributed by atoms with E-state index in [1.807, 2.05) is 0 Å². The zero-order valence-electron chi connectivity index (χ0n) is 4.26. The molecule has 5 heteroatoms. The summed E-state index contributed by atoms with van der Waals surface area (Å²) in [5.41, 5.74) is 4.96. The number of hydrogen-bond donors (Lipinski definition) is 1. The molecular weight excluding hydrogens is 97.6 g/mol. The largest absolute Gasteiger partial charge is 0.364 e. The number of hydrogen-bond acceptors (Lipinski definition) is 1. The Hall–Kier alpha value is 0.450. The lowest BCUT2D eigenvalue weighted by Crippen LogP contribution is -2.17. The van der Waals surface area contributed by atoms with Crippen LogP contribution in [-0.2, 0) is 0 Å². The van der Waals surface area contributed by atoms with Crippen molar-refractivity contribution in [1.82, 2.24) is 0 Å². The second-order valence-corrected chi connectivity index (χ2v) is 1.76. The molecule has 6 heavy (non-hydrogen) atoms. The first kappa shape index (κ1) is 4.60. The highest BCUT2D eigenvalue weighted by atomic mass is 31.1. The van der Waals surface area contributed by atoms with E-state index in [-0.39, 0.29) is 6.22 Å². The maximum atomic E-state index is 11.6. The van der Waals surface area contributed by atoms with Gasteiger partial charge in [-0.05, 0) is 0 Å². The van der Waals surface area contributed by atoms with Gasteiger partial charge in [0.25, 0.3) is 6.57 Å². The van der Waals surface area contributed by atoms with Crippen molar-refractivity contribution in [1.29, 1.82) is 1.28 Å². The van der Waals surface area contributed by atoms with Crippen molar-refractivity contribution in [3.63, 3.8) is 0 Å². The molecule has 0 heterocycles. The van der Waals surface area contributed by atoms with Gasteiger partial charge in [-0.2, -0.15) is 0 Å². The molecule has 0 aliphatic heterocycles. The normalized spacial score (nSPS) is 16.0. The summed E-state index contributed by atoms with van der Waals surface area (Å²) in [5.74, 6) is 0. The minimum Gasteiger partial charge on any atom is -0.364 e. The summed E-state index contributed by atoms with van der Waals surface area (Å²) >= 11 is 0. The van der Waals surface area contributed by atoms with Crippen LogP contribution >= 0.6 is 8.72 Å². The van der Waals surface area contributed by atoms with E-state index in [4.69, 9.17) is 14.8 Å². The maximum absolute atomic E-state index is 11.6. The predicted octanol–water partition coefficient (Wildman–Crippen LogP) is 0.122. The van der Waals surface area contributed by atoms with E-state index in [1.165, 1.54) is 0 Å². The van der Waals surface area contributed by atoms with Crippen molar-refractivity contribution in [2.24, 2.45) is 5.64 Å². The van der Waals surface area contributed by atoms with E-state index in [1.54, 1.807) is 0 Å². The maximum Gasteiger partial charge on any atom is 0.273 e. The fraction of sp³-hybridized carbons (Fsp3) is 1.00. The molecule has 0 aromatic heterocycles. The second kappa shape index (κ2) is 3.63. The van der Waals surface area contributed by atoms with E-state index in [0.717, 1.165) is 0 Å². The van der Waals surface area contributed by atoms with Gasteiger partial charge in [0.15, 0.2) is 0 Å². The fourth-order valence-electron chi connectivity index (χ4n) is 0.0398. The van der Waals surface area contributed by atoms with Gasteiger partial charge in [-0.15, -0.1) is 0 Å². The average molecular weight is 105 g/mol. The molecule has 0 spiro atoms. The van der Waals surface area contributed by atoms with Crippen molar-refractivity contribution in [3.05, 3.63) is 0 Å². The summed E-state index contributed by atoms with van der Waals surface area (Å²) in [6.07, 6.45) is 0.0612. The van der Waals surface area contributed by atoms with Gasteiger partial charge in [0.2, 0.25) is 0 Å². The minimum absolute atomic E-state index is 0.0612. The third-order valence-corrected chi connectivity index (χ3v) is 0.828. The molecule has 0 amide bonds. The molecule has 2 N–H and O–H groups in total. The number of halogens is 1. The molecule has 0 fully saturated rings. The van der Waals surface area contributed by atoms with Gasteiger partial charge < -0.3 is 5.64 Å². The fourth-order valence-corrected chi connectivity index (χ4v) is 0.120. The third kappa shape index (κ3) is 2.67. The Labute approximate surface area is 41.5 Å². The van der Waals surface area contributed by atoms with E-state index >= 15 is 0 Å². The minimum atomic E-state index is -2.26. The molecule has 0 aromatic rings. The Morgan fingerprint density at radius 1 is 2.33 bits per heavy atom. The van der Waals surface area contributed by atoms with E-state index in [0.29, 0.717) is 0 Å². The Bertz CT molecular complexity index is 55.0. The second-order valence-electron chi connectivity index (χ2n) is 0.901. The molecule has 0 bridgehead atoms. The van der Waals surface area contributed by atoms with Crippen molar-refractivity contribution >= 4 is 23.1 Å². The van der Waals surface area contributed by atoms with Crippen LogP contribution in [-0.4, -0.2) is 15.7 Å². The molecule has 1 nitrogen and oxygen atoms in total. The molecule has 2 radical (unpaired) electrons. The quantitative estimate of drug-likeness (QED) is 0.391. The molecule has 32 valence electrons. The summed E-state index contributed by atoms with van der Waals surface area (Å²) in [6, 6.07) is 0. The van der Waals surface area contributed by atoms with Crippen LogP contribution in [0.15, 0.2) is 0 Å². The van der Waals surface area contributed by atoms with Crippen molar-refractivity contribution in [3.8, 4) is 0 Å². The summed E-state index contributed by atoms with van der Waals surface area (Å²) in [7, 11) is 2.65. The van der Waals surface area contributed by atoms with Crippen LogP contribution in [0.25, 0.3) is 0 Å². The average Bonchev–Trinajstić information content (AvgIpc) is 1.65. The van der Waals surface area contributed by atoms with E-state index < -0.39 is 15.3 Å². The molecule has 1 unspecified atom stereocenters. The predicted molar refractivity (Wildman–Crippen MR) is 29.9 cm³/mol. The number of nitrogens with two attached hydrogens (primary N) is 1. The SMILES string of the molecule is [3H]P(F)B(N)C[B]. The standard InChI is InChI=1S/CH5B2FNP/c2-1-3(5)6-4/h6H,1,5H2/i6T. The number of rotatable bonds is 2. The van der Waals surface area contributed by atoms with E-state index in [2.05, 4.69) is 0 Å². The Kier molecular flexibility index (Phi) is 2.79. The first-order valence-electron chi connectivity index (χ1n) is 2.02. The lowest BCUT2D eigenvalue weighted by molar-refractivity contribution is 0.932. The van der Waals surface area contributed by atoms with Crippen LogP contribution < -0.4 is 5.64 Å². The van der Waals surface area contributed by atoms with Gasteiger partial charge in [-0.3, -0.25) is 0 Å². The molecular formula is CH5B2FNP.